The molecule has 0 saturated heterocycles. The fraction of sp³-hybridized carbons (Fsp3) is 0.471. The summed E-state index contributed by atoms with van der Waals surface area (Å²) in [6, 6.07) is 10.2. The summed E-state index contributed by atoms with van der Waals surface area (Å²) in [5.41, 5.74) is 1.22. The van der Waals surface area contributed by atoms with Crippen LogP contribution in [-0.4, -0.2) is 13.1 Å². The van der Waals surface area contributed by atoms with Crippen molar-refractivity contribution in [2.45, 2.75) is 40.2 Å². The van der Waals surface area contributed by atoms with Crippen LogP contribution in [0.25, 0.3) is 11.0 Å². The molecule has 0 aliphatic rings. The Kier molecular flexibility index (Phi) is 6.46. The molecule has 3 nitrogen and oxygen atoms in total. The summed E-state index contributed by atoms with van der Waals surface area (Å²) in [7, 11) is 1.95. The summed E-state index contributed by atoms with van der Waals surface area (Å²) < 4.78 is 5.24. The van der Waals surface area contributed by atoms with Gasteiger partial charge in [-0.05, 0) is 31.5 Å². The number of fused-ring (bicyclic) bond motifs is 1. The van der Waals surface area contributed by atoms with E-state index in [-0.39, 0.29) is 7.05 Å². The van der Waals surface area contributed by atoms with Crippen molar-refractivity contribution in [1.82, 2.24) is 5.32 Å². The van der Waals surface area contributed by atoms with Gasteiger partial charge in [0.15, 0.2) is 0 Å². The third-order valence-corrected chi connectivity index (χ3v) is 2.92. The molecule has 1 aromatic heterocycles. The van der Waals surface area contributed by atoms with Gasteiger partial charge in [-0.25, -0.2) is 4.79 Å². The summed E-state index contributed by atoms with van der Waals surface area (Å²) in [4.78, 5) is 11.6. The first kappa shape index (κ1) is 16.4. The number of hydrogen-bond donors (Lipinski definition) is 1. The van der Waals surface area contributed by atoms with Gasteiger partial charge >= 0.3 is 5.63 Å². The normalized spacial score (nSPS) is 10.8. The van der Waals surface area contributed by atoms with Gasteiger partial charge in [0.2, 0.25) is 0 Å². The van der Waals surface area contributed by atoms with Crippen LogP contribution in [0, 0.1) is 5.92 Å². The second-order valence-electron chi connectivity index (χ2n) is 5.64. The maximum absolute atomic E-state index is 11.6. The van der Waals surface area contributed by atoms with Crippen molar-refractivity contribution in [2.24, 2.45) is 5.92 Å². The average molecular weight is 277 g/mol. The molecule has 2 aromatic rings. The highest BCUT2D eigenvalue weighted by Crippen LogP contribution is 2.14. The lowest BCUT2D eigenvalue weighted by molar-refractivity contribution is 0.535. The maximum atomic E-state index is 11.6. The van der Waals surface area contributed by atoms with Gasteiger partial charge in [-0.1, -0.05) is 45.9 Å². The average Bonchev–Trinajstić information content (AvgIpc) is 2.39. The van der Waals surface area contributed by atoms with Gasteiger partial charge in [0.05, 0.1) is 0 Å². The van der Waals surface area contributed by atoms with Crippen molar-refractivity contribution in [2.75, 3.05) is 7.05 Å². The molecule has 1 N–H and O–H groups in total. The van der Waals surface area contributed by atoms with Crippen LogP contribution in [0.2, 0.25) is 0 Å². The van der Waals surface area contributed by atoms with Crippen molar-refractivity contribution in [3.05, 3.63) is 46.3 Å². The standard InChI is InChI=1S/C13H14O2.C4H11N.H2/c1-9(2)7-11-8-10-5-3-4-6-12(10)15-13(11)14;1-4(2)5-3;/h3-6,8-9H,7H2,1-2H3;4-5H,1-3H3;1H. The van der Waals surface area contributed by atoms with Crippen LogP contribution in [0.1, 0.15) is 34.7 Å². The zero-order valence-corrected chi connectivity index (χ0v) is 13.1. The molecule has 3 heteroatoms. The number of nitrogens with one attached hydrogen (secondary N) is 1. The number of benzene rings is 1. The van der Waals surface area contributed by atoms with Crippen LogP contribution in [0.15, 0.2) is 39.5 Å². The molecular weight excluding hydrogens is 250 g/mol. The minimum atomic E-state index is -0.206. The van der Waals surface area contributed by atoms with E-state index >= 15 is 0 Å². The van der Waals surface area contributed by atoms with Gasteiger partial charge in [0.1, 0.15) is 5.58 Å². The molecular formula is C17H27NO2. The Morgan fingerprint density at radius 1 is 1.20 bits per heavy atom. The largest absolute Gasteiger partial charge is 0.423 e. The number of rotatable bonds is 3. The summed E-state index contributed by atoms with van der Waals surface area (Å²) in [5.74, 6) is 0.467. The van der Waals surface area contributed by atoms with E-state index in [4.69, 9.17) is 4.42 Å². The fourth-order valence-corrected chi connectivity index (χ4v) is 1.69. The molecule has 0 bridgehead atoms. The second-order valence-corrected chi connectivity index (χ2v) is 5.64. The first-order valence-electron chi connectivity index (χ1n) is 7.13. The summed E-state index contributed by atoms with van der Waals surface area (Å²) in [6.45, 7) is 8.41. The van der Waals surface area contributed by atoms with Gasteiger partial charge in [0, 0.05) is 18.4 Å². The van der Waals surface area contributed by atoms with Crippen LogP contribution in [0.3, 0.4) is 0 Å². The lowest BCUT2D eigenvalue weighted by Gasteiger charge is -2.04. The molecule has 0 spiro atoms. The zero-order valence-electron chi connectivity index (χ0n) is 13.1. The highest BCUT2D eigenvalue weighted by atomic mass is 16.4. The molecule has 2 rings (SSSR count). The van der Waals surface area contributed by atoms with Crippen LogP contribution < -0.4 is 10.9 Å². The minimum absolute atomic E-state index is 0. The topological polar surface area (TPSA) is 42.2 Å². The van der Waals surface area contributed by atoms with Gasteiger partial charge in [-0.15, -0.1) is 0 Å². The molecule has 0 amide bonds. The molecule has 1 heterocycles. The third kappa shape index (κ3) is 5.17. The number of hydrogen-bond acceptors (Lipinski definition) is 3. The van der Waals surface area contributed by atoms with E-state index in [1.54, 1.807) is 0 Å². The fourth-order valence-electron chi connectivity index (χ4n) is 1.69. The predicted octanol–water partition coefficient (Wildman–Crippen LogP) is 3.85. The van der Waals surface area contributed by atoms with Crippen LogP contribution in [0.5, 0.6) is 0 Å². The lowest BCUT2D eigenvalue weighted by Crippen LogP contribution is -2.15. The van der Waals surface area contributed by atoms with Crippen molar-refractivity contribution in [3.8, 4) is 0 Å². The highest BCUT2D eigenvalue weighted by molar-refractivity contribution is 5.76. The molecule has 0 aliphatic carbocycles. The SMILES string of the molecule is CC(C)Cc1cc2ccccc2oc1=O.CNC(C)C.[HH]. The smallest absolute Gasteiger partial charge is 0.339 e. The summed E-state index contributed by atoms with van der Waals surface area (Å²) in [5, 5.41) is 4.02. The lowest BCUT2D eigenvalue weighted by atomic mass is 10.0. The third-order valence-electron chi connectivity index (χ3n) is 2.92. The Morgan fingerprint density at radius 2 is 1.80 bits per heavy atom. The Morgan fingerprint density at radius 3 is 2.35 bits per heavy atom. The Labute approximate surface area is 122 Å². The Hall–Kier alpha value is -1.61. The van der Waals surface area contributed by atoms with Crippen LogP contribution in [-0.2, 0) is 6.42 Å². The Bertz CT molecular complexity index is 591. The van der Waals surface area contributed by atoms with E-state index in [0.29, 0.717) is 17.5 Å². The maximum Gasteiger partial charge on any atom is 0.339 e. The first-order chi connectivity index (χ1) is 9.43. The molecule has 0 saturated carbocycles. The summed E-state index contributed by atoms with van der Waals surface area (Å²) >= 11 is 0. The highest BCUT2D eigenvalue weighted by Gasteiger charge is 2.06. The molecule has 20 heavy (non-hydrogen) atoms. The van der Waals surface area contributed by atoms with Gasteiger partial charge in [0.25, 0.3) is 0 Å². The first-order valence-corrected chi connectivity index (χ1v) is 7.13. The van der Waals surface area contributed by atoms with E-state index in [9.17, 15) is 4.79 Å². The van der Waals surface area contributed by atoms with Crippen molar-refractivity contribution >= 4 is 11.0 Å². The molecule has 112 valence electrons. The molecule has 0 unspecified atom stereocenters. The van der Waals surface area contributed by atoms with Crippen LogP contribution in [0.4, 0.5) is 0 Å². The molecule has 0 aliphatic heterocycles. The van der Waals surface area contributed by atoms with Crippen molar-refractivity contribution < 1.29 is 5.84 Å². The van der Waals surface area contributed by atoms with E-state index < -0.39 is 0 Å². The van der Waals surface area contributed by atoms with E-state index in [1.165, 1.54) is 0 Å². The second kappa shape index (κ2) is 7.85. The molecule has 0 atom stereocenters. The van der Waals surface area contributed by atoms with Crippen LogP contribution >= 0.6 is 0 Å². The van der Waals surface area contributed by atoms with E-state index in [2.05, 4.69) is 33.0 Å². The van der Waals surface area contributed by atoms with E-state index in [0.717, 1.165) is 17.4 Å². The quantitative estimate of drug-likeness (QED) is 0.866. The minimum Gasteiger partial charge on any atom is -0.423 e. The van der Waals surface area contributed by atoms with Gasteiger partial charge in [-0.2, -0.15) is 0 Å². The zero-order chi connectivity index (χ0) is 15.1. The number of para-hydroxylation sites is 1. The van der Waals surface area contributed by atoms with E-state index in [1.807, 2.05) is 37.4 Å². The van der Waals surface area contributed by atoms with Crippen molar-refractivity contribution in [3.63, 3.8) is 0 Å². The molecule has 0 fully saturated rings. The Balaban J connectivity index is 0.000000583. The van der Waals surface area contributed by atoms with Gasteiger partial charge in [-0.3, -0.25) is 0 Å². The summed E-state index contributed by atoms with van der Waals surface area (Å²) in [6.07, 6.45) is 0.771. The van der Waals surface area contributed by atoms with Crippen molar-refractivity contribution in [1.29, 1.82) is 0 Å². The predicted molar refractivity (Wildman–Crippen MR) is 87.3 cm³/mol. The monoisotopic (exact) mass is 277 g/mol. The van der Waals surface area contributed by atoms with Gasteiger partial charge < -0.3 is 9.73 Å². The molecule has 1 aromatic carbocycles. The molecule has 0 radical (unpaired) electrons.